The third-order valence-electron chi connectivity index (χ3n) is 5.16. The van der Waals surface area contributed by atoms with Crippen LogP contribution < -0.4 is 10.6 Å². The lowest BCUT2D eigenvalue weighted by molar-refractivity contribution is -0.120. The minimum Gasteiger partial charge on any atom is -0.468 e. The number of nitrogens with one attached hydrogen (secondary N) is 2. The Labute approximate surface area is 174 Å². The van der Waals surface area contributed by atoms with Gasteiger partial charge in [-0.15, -0.1) is 0 Å². The van der Waals surface area contributed by atoms with Gasteiger partial charge in [0.1, 0.15) is 5.76 Å². The predicted molar refractivity (Wildman–Crippen MR) is 110 cm³/mol. The molecular formula is C22H24N4O4. The van der Waals surface area contributed by atoms with Crippen molar-refractivity contribution < 1.29 is 18.5 Å². The van der Waals surface area contributed by atoms with Crippen LogP contribution in [-0.4, -0.2) is 48.0 Å². The molecule has 2 aromatic heterocycles. The number of benzene rings is 1. The second-order valence-electron chi connectivity index (χ2n) is 7.20. The van der Waals surface area contributed by atoms with Crippen LogP contribution in [0.4, 0.5) is 0 Å². The Balaban J connectivity index is 1.28. The summed E-state index contributed by atoms with van der Waals surface area (Å²) in [6.45, 7) is 2.24. The van der Waals surface area contributed by atoms with Gasteiger partial charge in [-0.3, -0.25) is 14.5 Å². The number of likely N-dealkylation sites (tertiary alicyclic amines) is 1. The molecular weight excluding hydrogens is 384 g/mol. The van der Waals surface area contributed by atoms with Crippen molar-refractivity contribution in [3.63, 3.8) is 0 Å². The van der Waals surface area contributed by atoms with Crippen LogP contribution in [0.15, 0.2) is 63.7 Å². The highest BCUT2D eigenvalue weighted by atomic mass is 16.5. The Morgan fingerprint density at radius 3 is 2.60 bits per heavy atom. The molecule has 3 heterocycles. The molecule has 8 nitrogen and oxygen atoms in total. The molecule has 0 aliphatic carbocycles. The molecule has 0 saturated carbocycles. The monoisotopic (exact) mass is 408 g/mol. The number of carbonyl (C=O) groups excluding carboxylic acids is 2. The lowest BCUT2D eigenvalue weighted by Gasteiger charge is -2.26. The van der Waals surface area contributed by atoms with Crippen molar-refractivity contribution in [3.05, 3.63) is 66.2 Å². The molecule has 2 amide bonds. The van der Waals surface area contributed by atoms with Crippen molar-refractivity contribution in [2.24, 2.45) is 0 Å². The number of hydrogen-bond acceptors (Lipinski definition) is 6. The SMILES string of the molecule is O=C(CNC(=O)c1cc(-c2ccccc2)on1)NCC(c1ccco1)N1CCCC1. The topological polar surface area (TPSA) is 101 Å². The van der Waals surface area contributed by atoms with E-state index in [1.54, 1.807) is 12.3 Å². The molecule has 0 bridgehead atoms. The van der Waals surface area contributed by atoms with Crippen molar-refractivity contribution in [2.75, 3.05) is 26.2 Å². The normalized spacial score (nSPS) is 15.1. The molecule has 1 saturated heterocycles. The van der Waals surface area contributed by atoms with E-state index in [9.17, 15) is 9.59 Å². The Kier molecular flexibility index (Phi) is 6.24. The molecule has 0 radical (unpaired) electrons. The zero-order valence-electron chi connectivity index (χ0n) is 16.5. The summed E-state index contributed by atoms with van der Waals surface area (Å²) >= 11 is 0. The number of carbonyl (C=O) groups is 2. The first-order valence-electron chi connectivity index (χ1n) is 10.0. The maximum Gasteiger partial charge on any atom is 0.273 e. The van der Waals surface area contributed by atoms with E-state index in [0.29, 0.717) is 12.3 Å². The van der Waals surface area contributed by atoms with E-state index in [-0.39, 0.29) is 24.2 Å². The summed E-state index contributed by atoms with van der Waals surface area (Å²) in [6.07, 6.45) is 3.93. The van der Waals surface area contributed by atoms with Gasteiger partial charge in [-0.25, -0.2) is 0 Å². The molecule has 0 spiro atoms. The highest BCUT2D eigenvalue weighted by Crippen LogP contribution is 2.24. The van der Waals surface area contributed by atoms with Gasteiger partial charge in [0, 0.05) is 18.2 Å². The minimum absolute atomic E-state index is 0.00822. The van der Waals surface area contributed by atoms with E-state index in [0.717, 1.165) is 37.3 Å². The van der Waals surface area contributed by atoms with Crippen LogP contribution in [0.1, 0.15) is 35.1 Å². The number of hydrogen-bond donors (Lipinski definition) is 2. The van der Waals surface area contributed by atoms with Gasteiger partial charge >= 0.3 is 0 Å². The van der Waals surface area contributed by atoms with Crippen molar-refractivity contribution in [2.45, 2.75) is 18.9 Å². The first-order chi connectivity index (χ1) is 14.7. The van der Waals surface area contributed by atoms with E-state index in [2.05, 4.69) is 20.7 Å². The standard InChI is InChI=1S/C22H24N4O4/c27-21(23-14-18(19-9-6-12-29-19)26-10-4-5-11-26)15-24-22(28)17-13-20(30-25-17)16-7-2-1-3-8-16/h1-3,6-9,12-13,18H,4-5,10-11,14-15H2,(H,23,27)(H,24,28). The smallest absolute Gasteiger partial charge is 0.273 e. The average molecular weight is 408 g/mol. The Bertz CT molecular complexity index is 962. The maximum absolute atomic E-state index is 12.3. The zero-order valence-corrected chi connectivity index (χ0v) is 16.5. The van der Waals surface area contributed by atoms with Gasteiger partial charge in [0.05, 0.1) is 18.8 Å². The molecule has 1 aliphatic heterocycles. The molecule has 1 aromatic carbocycles. The summed E-state index contributed by atoms with van der Waals surface area (Å²) in [7, 11) is 0. The molecule has 3 aromatic rings. The fourth-order valence-corrected chi connectivity index (χ4v) is 3.59. The zero-order chi connectivity index (χ0) is 20.8. The largest absolute Gasteiger partial charge is 0.468 e. The van der Waals surface area contributed by atoms with Crippen molar-refractivity contribution in [1.29, 1.82) is 0 Å². The van der Waals surface area contributed by atoms with E-state index in [1.807, 2.05) is 42.5 Å². The van der Waals surface area contributed by atoms with Gasteiger partial charge in [-0.1, -0.05) is 35.5 Å². The van der Waals surface area contributed by atoms with Crippen LogP contribution in [0.3, 0.4) is 0 Å². The third kappa shape index (κ3) is 4.77. The minimum atomic E-state index is -0.460. The fourth-order valence-electron chi connectivity index (χ4n) is 3.59. The van der Waals surface area contributed by atoms with E-state index in [4.69, 9.17) is 8.94 Å². The Morgan fingerprint density at radius 1 is 1.07 bits per heavy atom. The molecule has 1 atom stereocenters. The van der Waals surface area contributed by atoms with Gasteiger partial charge in [-0.05, 0) is 38.1 Å². The summed E-state index contributed by atoms with van der Waals surface area (Å²) in [4.78, 5) is 26.9. The summed E-state index contributed by atoms with van der Waals surface area (Å²) in [5.74, 6) is 0.596. The van der Waals surface area contributed by atoms with Crippen molar-refractivity contribution >= 4 is 11.8 Å². The highest BCUT2D eigenvalue weighted by molar-refractivity contribution is 5.95. The molecule has 1 fully saturated rings. The van der Waals surface area contributed by atoms with E-state index < -0.39 is 5.91 Å². The molecule has 2 N–H and O–H groups in total. The van der Waals surface area contributed by atoms with Crippen LogP contribution in [-0.2, 0) is 4.79 Å². The van der Waals surface area contributed by atoms with Crippen molar-refractivity contribution in [1.82, 2.24) is 20.7 Å². The first kappa shape index (κ1) is 19.9. The summed E-state index contributed by atoms with van der Waals surface area (Å²) in [5, 5.41) is 9.26. The van der Waals surface area contributed by atoms with E-state index >= 15 is 0 Å². The first-order valence-corrected chi connectivity index (χ1v) is 10.0. The lowest BCUT2D eigenvalue weighted by atomic mass is 10.1. The van der Waals surface area contributed by atoms with E-state index in [1.165, 1.54) is 0 Å². The van der Waals surface area contributed by atoms with Gasteiger partial charge in [0.2, 0.25) is 5.91 Å². The fraction of sp³-hybridized carbons (Fsp3) is 0.318. The predicted octanol–water partition coefficient (Wildman–Crippen LogP) is 2.62. The van der Waals surface area contributed by atoms with Crippen LogP contribution in [0.5, 0.6) is 0 Å². The Hall–Kier alpha value is -3.39. The molecule has 8 heteroatoms. The molecule has 4 rings (SSSR count). The summed E-state index contributed by atoms with van der Waals surface area (Å²) < 4.78 is 10.8. The van der Waals surface area contributed by atoms with Gasteiger partial charge < -0.3 is 19.6 Å². The Morgan fingerprint density at radius 2 is 1.87 bits per heavy atom. The van der Waals surface area contributed by atoms with Gasteiger partial charge in [-0.2, -0.15) is 0 Å². The lowest BCUT2D eigenvalue weighted by Crippen LogP contribution is -2.41. The molecule has 156 valence electrons. The average Bonchev–Trinajstić information content (AvgIpc) is 3.56. The second-order valence-corrected chi connectivity index (χ2v) is 7.20. The number of nitrogens with zero attached hydrogens (tertiary/aromatic N) is 2. The number of aromatic nitrogens is 1. The number of rotatable bonds is 8. The number of amides is 2. The van der Waals surface area contributed by atoms with Gasteiger partial charge in [0.25, 0.3) is 5.91 Å². The second kappa shape index (κ2) is 9.41. The maximum atomic E-state index is 12.3. The molecule has 1 unspecified atom stereocenters. The molecule has 1 aliphatic rings. The van der Waals surface area contributed by atoms with Crippen LogP contribution in [0.25, 0.3) is 11.3 Å². The van der Waals surface area contributed by atoms with Crippen LogP contribution in [0.2, 0.25) is 0 Å². The summed E-state index contributed by atoms with van der Waals surface area (Å²) in [5.41, 5.74) is 0.958. The third-order valence-corrected chi connectivity index (χ3v) is 5.16. The number of furan rings is 1. The van der Waals surface area contributed by atoms with Crippen molar-refractivity contribution in [3.8, 4) is 11.3 Å². The summed E-state index contributed by atoms with van der Waals surface area (Å²) in [6, 6.07) is 14.7. The highest BCUT2D eigenvalue weighted by Gasteiger charge is 2.26. The quantitative estimate of drug-likeness (QED) is 0.594. The van der Waals surface area contributed by atoms with Crippen LogP contribution in [0, 0.1) is 0 Å². The van der Waals surface area contributed by atoms with Crippen LogP contribution >= 0.6 is 0 Å². The van der Waals surface area contributed by atoms with Gasteiger partial charge in [0.15, 0.2) is 11.5 Å². The molecule has 30 heavy (non-hydrogen) atoms.